The van der Waals surface area contributed by atoms with E-state index in [1.54, 1.807) is 0 Å². The molecule has 0 aromatic carbocycles. The fraction of sp³-hybridized carbons (Fsp3) is 0.772. The molecule has 0 aliphatic heterocycles. The highest BCUT2D eigenvalue weighted by Crippen LogP contribution is 2.16. The molecule has 0 radical (unpaired) electrons. The van der Waals surface area contributed by atoms with Gasteiger partial charge >= 0.3 is 17.9 Å². The van der Waals surface area contributed by atoms with Crippen LogP contribution in [0.1, 0.15) is 265 Å². The number of unbranched alkanes of at least 4 members (excludes halogenated alkanes) is 31. The van der Waals surface area contributed by atoms with E-state index in [1.807, 2.05) is 24.3 Å². The number of allylic oxidation sites excluding steroid dienone is 10. The van der Waals surface area contributed by atoms with E-state index in [0.29, 0.717) is 19.3 Å². The largest absolute Gasteiger partial charge is 0.462 e. The van der Waals surface area contributed by atoms with Gasteiger partial charge in [0.25, 0.3) is 0 Å². The fourth-order valence-corrected chi connectivity index (χ4v) is 7.59. The van der Waals surface area contributed by atoms with Crippen molar-refractivity contribution in [1.82, 2.24) is 0 Å². The summed E-state index contributed by atoms with van der Waals surface area (Å²) >= 11 is 0. The number of hydrogen-bond acceptors (Lipinski definition) is 6. The monoisotopic (exact) mass is 881 g/mol. The highest BCUT2D eigenvalue weighted by molar-refractivity contribution is 5.71. The maximum Gasteiger partial charge on any atom is 0.306 e. The van der Waals surface area contributed by atoms with Gasteiger partial charge in [-0.05, 0) is 38.5 Å². The Morgan fingerprint density at radius 3 is 0.952 bits per heavy atom. The summed E-state index contributed by atoms with van der Waals surface area (Å²) in [5.74, 6) is -0.896. The van der Waals surface area contributed by atoms with Gasteiger partial charge in [0.05, 0.1) is 0 Å². The number of hydrogen-bond donors (Lipinski definition) is 0. The summed E-state index contributed by atoms with van der Waals surface area (Å²) in [6.07, 6.45) is 63.4. The van der Waals surface area contributed by atoms with Gasteiger partial charge in [0.2, 0.25) is 0 Å². The average molecular weight is 881 g/mol. The minimum Gasteiger partial charge on any atom is -0.462 e. The Morgan fingerprint density at radius 1 is 0.317 bits per heavy atom. The zero-order chi connectivity index (χ0) is 45.8. The molecule has 0 fully saturated rings. The lowest BCUT2D eigenvalue weighted by Gasteiger charge is -2.18. The summed E-state index contributed by atoms with van der Waals surface area (Å²) < 4.78 is 16.8. The van der Waals surface area contributed by atoms with Gasteiger partial charge in [-0.15, -0.1) is 0 Å². The van der Waals surface area contributed by atoms with Gasteiger partial charge < -0.3 is 14.2 Å². The maximum absolute atomic E-state index is 12.8. The Kier molecular flexibility index (Phi) is 49.4. The first kappa shape index (κ1) is 60.1. The third kappa shape index (κ3) is 50.0. The molecule has 0 N–H and O–H groups in total. The van der Waals surface area contributed by atoms with Crippen LogP contribution in [0.4, 0.5) is 0 Å². The van der Waals surface area contributed by atoms with Crippen LogP contribution in [0.3, 0.4) is 0 Å². The van der Waals surface area contributed by atoms with E-state index in [9.17, 15) is 14.4 Å². The lowest BCUT2D eigenvalue weighted by atomic mass is 10.0. The van der Waals surface area contributed by atoms with E-state index in [2.05, 4.69) is 57.2 Å². The molecule has 364 valence electrons. The van der Waals surface area contributed by atoms with Gasteiger partial charge in [0, 0.05) is 19.3 Å². The van der Waals surface area contributed by atoms with Crippen LogP contribution in [-0.2, 0) is 28.6 Å². The molecule has 0 aromatic rings. The molecule has 1 atom stereocenters. The van der Waals surface area contributed by atoms with Crippen LogP contribution in [-0.4, -0.2) is 37.2 Å². The predicted octanol–water partition coefficient (Wildman–Crippen LogP) is 17.6. The van der Waals surface area contributed by atoms with E-state index in [-0.39, 0.29) is 31.1 Å². The van der Waals surface area contributed by atoms with Crippen molar-refractivity contribution in [2.24, 2.45) is 0 Å². The standard InChI is InChI=1S/C57H100O6/c1-4-7-10-13-16-19-22-24-26-28-29-31-32-35-38-41-44-47-50-56(59)62-53-54(52-61-55(58)49-46-43-40-37-34-21-18-15-12-9-6-3)63-57(60)51-48-45-42-39-36-33-30-27-25-23-20-17-14-11-8-5-2/h10,13,16,19,22,24,26,28-29,31,54H,4-9,11-12,14-15,17-18,20-21,23,25,27,30,32-53H2,1-3H3/b13-10-,19-16-,24-22-,28-26-,31-29-. The van der Waals surface area contributed by atoms with Crippen molar-refractivity contribution in [3.8, 4) is 0 Å². The molecule has 0 amide bonds. The van der Waals surface area contributed by atoms with Crippen LogP contribution >= 0.6 is 0 Å². The van der Waals surface area contributed by atoms with Crippen molar-refractivity contribution in [1.29, 1.82) is 0 Å². The third-order valence-electron chi connectivity index (χ3n) is 11.6. The van der Waals surface area contributed by atoms with Crippen LogP contribution in [0.25, 0.3) is 0 Å². The van der Waals surface area contributed by atoms with E-state index >= 15 is 0 Å². The molecule has 0 heterocycles. The Labute approximate surface area is 390 Å². The first-order valence-electron chi connectivity index (χ1n) is 26.9. The molecule has 6 heteroatoms. The first-order chi connectivity index (χ1) is 31.0. The average Bonchev–Trinajstić information content (AvgIpc) is 3.28. The molecule has 0 aliphatic carbocycles. The lowest BCUT2D eigenvalue weighted by molar-refractivity contribution is -0.167. The van der Waals surface area contributed by atoms with Crippen LogP contribution in [0.5, 0.6) is 0 Å². The minimum atomic E-state index is -0.780. The van der Waals surface area contributed by atoms with Crippen molar-refractivity contribution in [2.45, 2.75) is 271 Å². The number of ether oxygens (including phenoxy) is 3. The Morgan fingerprint density at radius 2 is 0.603 bits per heavy atom. The molecule has 0 saturated heterocycles. The van der Waals surface area contributed by atoms with Gasteiger partial charge in [-0.2, -0.15) is 0 Å². The van der Waals surface area contributed by atoms with Gasteiger partial charge in [-0.25, -0.2) is 0 Å². The molecule has 0 aliphatic rings. The van der Waals surface area contributed by atoms with Crippen LogP contribution in [0.15, 0.2) is 60.8 Å². The van der Waals surface area contributed by atoms with Gasteiger partial charge in [-0.1, -0.05) is 268 Å². The summed E-state index contributed by atoms with van der Waals surface area (Å²) in [7, 11) is 0. The Balaban J connectivity index is 4.39. The summed E-state index contributed by atoms with van der Waals surface area (Å²) in [5.41, 5.74) is 0. The number of esters is 3. The minimum absolute atomic E-state index is 0.0792. The van der Waals surface area contributed by atoms with Crippen molar-refractivity contribution < 1.29 is 28.6 Å². The number of carbonyl (C=O) groups excluding carboxylic acids is 3. The zero-order valence-electron chi connectivity index (χ0n) is 41.6. The Bertz CT molecular complexity index is 1150. The molecule has 0 spiro atoms. The fourth-order valence-electron chi connectivity index (χ4n) is 7.59. The van der Waals surface area contributed by atoms with Crippen molar-refractivity contribution in [3.05, 3.63) is 60.8 Å². The third-order valence-corrected chi connectivity index (χ3v) is 11.6. The van der Waals surface area contributed by atoms with Crippen molar-refractivity contribution in [3.63, 3.8) is 0 Å². The van der Waals surface area contributed by atoms with Gasteiger partial charge in [0.1, 0.15) is 13.2 Å². The van der Waals surface area contributed by atoms with E-state index in [0.717, 1.165) is 83.5 Å². The predicted molar refractivity (Wildman–Crippen MR) is 270 cm³/mol. The zero-order valence-corrected chi connectivity index (χ0v) is 41.6. The van der Waals surface area contributed by atoms with Crippen molar-refractivity contribution >= 4 is 17.9 Å². The summed E-state index contributed by atoms with van der Waals surface area (Å²) in [6, 6.07) is 0. The highest BCUT2D eigenvalue weighted by atomic mass is 16.6. The molecule has 63 heavy (non-hydrogen) atoms. The number of rotatable bonds is 48. The van der Waals surface area contributed by atoms with Crippen LogP contribution in [0.2, 0.25) is 0 Å². The van der Waals surface area contributed by atoms with Crippen molar-refractivity contribution in [2.75, 3.05) is 13.2 Å². The summed E-state index contributed by atoms with van der Waals surface area (Å²) in [5, 5.41) is 0. The second kappa shape index (κ2) is 51.7. The molecule has 6 nitrogen and oxygen atoms in total. The molecule has 0 aromatic heterocycles. The lowest BCUT2D eigenvalue weighted by Crippen LogP contribution is -2.30. The first-order valence-corrected chi connectivity index (χ1v) is 26.9. The molecule has 0 rings (SSSR count). The second-order valence-electron chi connectivity index (χ2n) is 17.9. The SMILES string of the molecule is CCC\C=C/C=C\C=C/C=C\C=C/CCCCCCCC(=O)OCC(COC(=O)CCCCCCCCCCCCC)OC(=O)CCCCCCCCCCCCCCCCCC. The van der Waals surface area contributed by atoms with Crippen LogP contribution < -0.4 is 0 Å². The van der Waals surface area contributed by atoms with E-state index in [1.165, 1.54) is 141 Å². The topological polar surface area (TPSA) is 78.9 Å². The molecule has 0 saturated carbocycles. The summed E-state index contributed by atoms with van der Waals surface area (Å²) in [6.45, 7) is 6.54. The normalized spacial score (nSPS) is 12.5. The van der Waals surface area contributed by atoms with E-state index in [4.69, 9.17) is 14.2 Å². The Hall–Kier alpha value is -2.89. The molecular formula is C57H100O6. The van der Waals surface area contributed by atoms with Gasteiger partial charge in [0.15, 0.2) is 6.10 Å². The quantitative estimate of drug-likeness (QED) is 0.0262. The van der Waals surface area contributed by atoms with Gasteiger partial charge in [-0.3, -0.25) is 14.4 Å². The molecule has 0 bridgehead atoms. The summed E-state index contributed by atoms with van der Waals surface area (Å²) in [4.78, 5) is 38.0. The highest BCUT2D eigenvalue weighted by Gasteiger charge is 2.19. The van der Waals surface area contributed by atoms with Crippen LogP contribution in [0, 0.1) is 0 Å². The molecule has 1 unspecified atom stereocenters. The molecular weight excluding hydrogens is 781 g/mol. The van der Waals surface area contributed by atoms with E-state index < -0.39 is 6.10 Å². The smallest absolute Gasteiger partial charge is 0.306 e. The second-order valence-corrected chi connectivity index (χ2v) is 17.9. The maximum atomic E-state index is 12.8. The number of carbonyl (C=O) groups is 3.